The molecule has 0 unspecified atom stereocenters. The van der Waals surface area contributed by atoms with Gasteiger partial charge in [0.2, 0.25) is 5.82 Å². The Morgan fingerprint density at radius 1 is 1.29 bits per heavy atom. The third-order valence-electron chi connectivity index (χ3n) is 3.86. The summed E-state index contributed by atoms with van der Waals surface area (Å²) in [5.41, 5.74) is 0.816. The second-order valence-electron chi connectivity index (χ2n) is 5.58. The van der Waals surface area contributed by atoms with Crippen molar-refractivity contribution >= 4 is 17.5 Å². The lowest BCUT2D eigenvalue weighted by molar-refractivity contribution is 0.0383. The van der Waals surface area contributed by atoms with Gasteiger partial charge in [0, 0.05) is 31.2 Å². The Morgan fingerprint density at radius 2 is 2.00 bits per heavy atom. The Bertz CT molecular complexity index is 695. The Hall–Kier alpha value is -1.96. The molecule has 1 aliphatic heterocycles. The first kappa shape index (κ1) is 16.9. The number of benzene rings is 1. The molecule has 0 atom stereocenters. The highest BCUT2D eigenvalue weighted by atomic mass is 35.5. The number of nitrogens with one attached hydrogen (secondary N) is 1. The van der Waals surface area contributed by atoms with Crippen molar-refractivity contribution < 1.29 is 9.53 Å². The van der Waals surface area contributed by atoms with Crippen LogP contribution in [0.5, 0.6) is 0 Å². The molecule has 0 radical (unpaired) electrons. The van der Waals surface area contributed by atoms with Gasteiger partial charge in [-0.15, -0.1) is 5.10 Å². The van der Waals surface area contributed by atoms with Crippen LogP contribution < -0.4 is 5.32 Å². The Labute approximate surface area is 145 Å². The van der Waals surface area contributed by atoms with Gasteiger partial charge in [-0.3, -0.25) is 9.69 Å². The van der Waals surface area contributed by atoms with Crippen LogP contribution in [0.4, 0.5) is 0 Å². The van der Waals surface area contributed by atoms with Crippen molar-refractivity contribution in [3.05, 3.63) is 40.9 Å². The standard InChI is InChI=1S/C16H20ClN5O2/c1-12-19-15(20-22(12)14-4-2-13(17)3-5-14)16(23)18-6-7-21-8-10-24-11-9-21/h2-5H,6-11H2,1H3,(H,18,23). The van der Waals surface area contributed by atoms with E-state index in [0.29, 0.717) is 17.4 Å². The van der Waals surface area contributed by atoms with Crippen LogP contribution >= 0.6 is 11.6 Å². The SMILES string of the molecule is Cc1nc(C(=O)NCCN2CCOCC2)nn1-c1ccc(Cl)cc1. The smallest absolute Gasteiger partial charge is 0.291 e. The van der Waals surface area contributed by atoms with Crippen molar-refractivity contribution in [2.45, 2.75) is 6.92 Å². The van der Waals surface area contributed by atoms with Gasteiger partial charge in [-0.2, -0.15) is 0 Å². The molecule has 24 heavy (non-hydrogen) atoms. The molecule has 128 valence electrons. The van der Waals surface area contributed by atoms with Gasteiger partial charge in [-0.1, -0.05) is 11.6 Å². The number of nitrogens with zero attached hydrogens (tertiary/aromatic N) is 4. The van der Waals surface area contributed by atoms with Crippen LogP contribution in [0.2, 0.25) is 5.02 Å². The van der Waals surface area contributed by atoms with E-state index in [0.717, 1.165) is 38.5 Å². The van der Waals surface area contributed by atoms with Gasteiger partial charge in [-0.25, -0.2) is 9.67 Å². The van der Waals surface area contributed by atoms with E-state index in [-0.39, 0.29) is 11.7 Å². The van der Waals surface area contributed by atoms with E-state index in [1.165, 1.54) is 0 Å². The van der Waals surface area contributed by atoms with Gasteiger partial charge < -0.3 is 10.1 Å². The molecule has 1 saturated heterocycles. The summed E-state index contributed by atoms with van der Waals surface area (Å²) in [6.45, 7) is 6.47. The summed E-state index contributed by atoms with van der Waals surface area (Å²) >= 11 is 5.89. The fourth-order valence-corrected chi connectivity index (χ4v) is 2.67. The number of morpholine rings is 1. The van der Waals surface area contributed by atoms with E-state index in [1.807, 2.05) is 19.1 Å². The molecule has 0 saturated carbocycles. The lowest BCUT2D eigenvalue weighted by Gasteiger charge is -2.26. The zero-order valence-corrected chi connectivity index (χ0v) is 14.3. The number of halogens is 1. The number of aromatic nitrogens is 3. The first-order valence-electron chi connectivity index (χ1n) is 7.91. The average molecular weight is 350 g/mol. The number of ether oxygens (including phenoxy) is 1. The molecule has 2 aromatic rings. The Kier molecular flexibility index (Phi) is 5.44. The molecule has 1 amide bonds. The second-order valence-corrected chi connectivity index (χ2v) is 6.02. The molecule has 7 nitrogen and oxygen atoms in total. The Morgan fingerprint density at radius 3 is 2.71 bits per heavy atom. The van der Waals surface area contributed by atoms with Crippen LogP contribution in [0, 0.1) is 6.92 Å². The number of hydrogen-bond donors (Lipinski definition) is 1. The van der Waals surface area contributed by atoms with E-state index in [2.05, 4.69) is 20.3 Å². The number of amides is 1. The van der Waals surface area contributed by atoms with Gasteiger partial charge >= 0.3 is 0 Å². The molecule has 0 bridgehead atoms. The minimum atomic E-state index is -0.265. The van der Waals surface area contributed by atoms with Crippen molar-refractivity contribution in [2.75, 3.05) is 39.4 Å². The quantitative estimate of drug-likeness (QED) is 0.880. The second kappa shape index (κ2) is 7.74. The van der Waals surface area contributed by atoms with Crippen molar-refractivity contribution in [2.24, 2.45) is 0 Å². The van der Waals surface area contributed by atoms with Crippen LogP contribution in [0.15, 0.2) is 24.3 Å². The number of carbonyl (C=O) groups is 1. The maximum Gasteiger partial charge on any atom is 0.291 e. The monoisotopic (exact) mass is 349 g/mol. The van der Waals surface area contributed by atoms with Gasteiger partial charge in [0.25, 0.3) is 5.91 Å². The third-order valence-corrected chi connectivity index (χ3v) is 4.11. The van der Waals surface area contributed by atoms with Crippen LogP contribution in [0.3, 0.4) is 0 Å². The zero-order chi connectivity index (χ0) is 16.9. The highest BCUT2D eigenvalue weighted by Gasteiger charge is 2.16. The molecule has 1 N–H and O–H groups in total. The molecule has 0 spiro atoms. The Balaban J connectivity index is 1.59. The maximum atomic E-state index is 12.2. The predicted molar refractivity (Wildman–Crippen MR) is 90.7 cm³/mol. The first-order valence-corrected chi connectivity index (χ1v) is 8.29. The lowest BCUT2D eigenvalue weighted by atomic mass is 10.3. The summed E-state index contributed by atoms with van der Waals surface area (Å²) in [5.74, 6) is 0.555. The summed E-state index contributed by atoms with van der Waals surface area (Å²) < 4.78 is 6.93. The van der Waals surface area contributed by atoms with Gasteiger partial charge in [0.1, 0.15) is 5.82 Å². The van der Waals surface area contributed by atoms with E-state index in [1.54, 1.807) is 16.8 Å². The van der Waals surface area contributed by atoms with Crippen LogP contribution in [-0.2, 0) is 4.74 Å². The topological polar surface area (TPSA) is 72.3 Å². The fourth-order valence-electron chi connectivity index (χ4n) is 2.54. The van der Waals surface area contributed by atoms with E-state index < -0.39 is 0 Å². The molecule has 0 aliphatic carbocycles. The normalized spacial score (nSPS) is 15.4. The first-order chi connectivity index (χ1) is 11.6. The fraction of sp³-hybridized carbons (Fsp3) is 0.438. The third kappa shape index (κ3) is 4.11. The van der Waals surface area contributed by atoms with E-state index in [9.17, 15) is 4.79 Å². The highest BCUT2D eigenvalue weighted by Crippen LogP contribution is 2.14. The molecule has 1 fully saturated rings. The zero-order valence-electron chi connectivity index (χ0n) is 13.5. The van der Waals surface area contributed by atoms with Crippen molar-refractivity contribution in [1.29, 1.82) is 0 Å². The van der Waals surface area contributed by atoms with Crippen molar-refractivity contribution in [1.82, 2.24) is 25.0 Å². The summed E-state index contributed by atoms with van der Waals surface area (Å²) in [4.78, 5) is 18.7. The molecule has 8 heteroatoms. The largest absolute Gasteiger partial charge is 0.379 e. The molecular weight excluding hydrogens is 330 g/mol. The van der Waals surface area contributed by atoms with Gasteiger partial charge in [-0.05, 0) is 31.2 Å². The average Bonchev–Trinajstić information content (AvgIpc) is 2.98. The molecule has 1 aromatic carbocycles. The molecule has 1 aromatic heterocycles. The minimum absolute atomic E-state index is 0.171. The molecule has 3 rings (SSSR count). The molecule has 1 aliphatic rings. The van der Waals surface area contributed by atoms with Gasteiger partial charge in [0.05, 0.1) is 18.9 Å². The summed E-state index contributed by atoms with van der Waals surface area (Å²) in [7, 11) is 0. The van der Waals surface area contributed by atoms with Crippen LogP contribution in [-0.4, -0.2) is 65.0 Å². The highest BCUT2D eigenvalue weighted by molar-refractivity contribution is 6.30. The lowest BCUT2D eigenvalue weighted by Crippen LogP contribution is -2.41. The van der Waals surface area contributed by atoms with E-state index >= 15 is 0 Å². The minimum Gasteiger partial charge on any atom is -0.379 e. The summed E-state index contributed by atoms with van der Waals surface area (Å²) in [6, 6.07) is 7.23. The van der Waals surface area contributed by atoms with E-state index in [4.69, 9.17) is 16.3 Å². The number of carbonyl (C=O) groups excluding carboxylic acids is 1. The molecule has 2 heterocycles. The summed E-state index contributed by atoms with van der Waals surface area (Å²) in [5, 5.41) is 7.81. The number of hydrogen-bond acceptors (Lipinski definition) is 5. The van der Waals surface area contributed by atoms with Crippen molar-refractivity contribution in [3.8, 4) is 5.69 Å². The maximum absolute atomic E-state index is 12.2. The van der Waals surface area contributed by atoms with Crippen LogP contribution in [0.1, 0.15) is 16.4 Å². The van der Waals surface area contributed by atoms with Gasteiger partial charge in [0.15, 0.2) is 0 Å². The number of rotatable bonds is 5. The number of aryl methyl sites for hydroxylation is 1. The van der Waals surface area contributed by atoms with Crippen LogP contribution in [0.25, 0.3) is 5.69 Å². The van der Waals surface area contributed by atoms with Crippen molar-refractivity contribution in [3.63, 3.8) is 0 Å². The molecular formula is C16H20ClN5O2. The predicted octanol–water partition coefficient (Wildman–Crippen LogP) is 1.29. The summed E-state index contributed by atoms with van der Waals surface area (Å²) in [6.07, 6.45) is 0.